The number of carbonyl (C=O) groups excluding carboxylic acids is 2. The fourth-order valence-electron chi connectivity index (χ4n) is 4.80. The number of carbonyl (C=O) groups is 2. The summed E-state index contributed by atoms with van der Waals surface area (Å²) >= 11 is 0. The molecule has 2 heterocycles. The number of nitrogens with one attached hydrogen (secondary N) is 1. The van der Waals surface area contributed by atoms with Crippen LogP contribution in [0.2, 0.25) is 0 Å². The van der Waals surface area contributed by atoms with Crippen molar-refractivity contribution in [2.45, 2.75) is 88.6 Å². The van der Waals surface area contributed by atoms with Gasteiger partial charge in [0, 0.05) is 47.0 Å². The second-order valence-corrected chi connectivity index (χ2v) is 12.0. The van der Waals surface area contributed by atoms with Gasteiger partial charge < -0.3 is 25.2 Å². The third-order valence-corrected chi connectivity index (χ3v) is 8.04. The van der Waals surface area contributed by atoms with Gasteiger partial charge in [-0.15, -0.1) is 24.8 Å². The molecule has 1 fully saturated rings. The summed E-state index contributed by atoms with van der Waals surface area (Å²) in [7, 11) is -6.69. The number of aryl methyl sites for hydroxylation is 1. The maximum absolute atomic E-state index is 14.6. The summed E-state index contributed by atoms with van der Waals surface area (Å²) in [5, 5.41) is 34.2. The molecule has 1 saturated heterocycles. The maximum Gasteiger partial charge on any atom is 0.700 e. The Bertz CT molecular complexity index is 1390. The van der Waals surface area contributed by atoms with Crippen LogP contribution in [0.5, 0.6) is 0 Å². The van der Waals surface area contributed by atoms with Gasteiger partial charge >= 0.3 is 34.5 Å². The molecule has 1 aromatic heterocycles. The van der Waals surface area contributed by atoms with E-state index in [0.29, 0.717) is 38.1 Å². The van der Waals surface area contributed by atoms with Gasteiger partial charge in [-0.1, -0.05) is 55.3 Å². The number of aromatic nitrogens is 4. The van der Waals surface area contributed by atoms with Gasteiger partial charge in [-0.2, -0.15) is 8.78 Å². The number of benzene rings is 1. The maximum atomic E-state index is 14.6. The van der Waals surface area contributed by atoms with E-state index in [1.165, 1.54) is 30.3 Å². The van der Waals surface area contributed by atoms with Crippen molar-refractivity contribution in [1.29, 1.82) is 0 Å². The number of tetrazole rings is 1. The topological polar surface area (TPSA) is 236 Å². The van der Waals surface area contributed by atoms with Gasteiger partial charge in [0.15, 0.2) is 5.82 Å². The number of aliphatic hydroxyl groups is 2. The number of nitrogens with zero attached hydrogens (tertiary/aromatic N) is 5. The van der Waals surface area contributed by atoms with Crippen LogP contribution in [0.1, 0.15) is 62.8 Å². The fourth-order valence-corrected chi connectivity index (χ4v) is 5.61. The Balaban J connectivity index is 1.30. The molecule has 0 saturated carbocycles. The molecule has 2 unspecified atom stereocenters. The van der Waals surface area contributed by atoms with Crippen molar-refractivity contribution in [2.24, 2.45) is 0 Å². The summed E-state index contributed by atoms with van der Waals surface area (Å²) in [6, 6.07) is 6.72. The normalized spacial score (nSPS) is 17.8. The molecule has 0 aliphatic carbocycles. The van der Waals surface area contributed by atoms with Crippen LogP contribution >= 0.6 is 16.5 Å². The Kier molecular flexibility index (Phi) is 15.4. The summed E-state index contributed by atoms with van der Waals surface area (Å²) in [6.07, 6.45) is 3.35. The van der Waals surface area contributed by atoms with E-state index in [2.05, 4.69) is 29.8 Å². The number of unbranched alkanes of at least 4 members (excludes halogenated alkanes) is 3. The first-order valence-corrected chi connectivity index (χ1v) is 17.2. The highest BCUT2D eigenvalue weighted by Crippen LogP contribution is 2.35. The third-order valence-electron chi connectivity index (χ3n) is 7.16. The van der Waals surface area contributed by atoms with E-state index in [1.807, 2.05) is 0 Å². The standard InChI is InChI=1S/C27H36F2N6O11P2/c28-27(29,20-9-4-3-5-10-20)22(36)14-12-21-13-15-24(37)34(21)18-7-2-1-6-11-23-31-33-35(32-23)19-44-25(38)30-17-8-16-26(39,45-47(40)41)46-48(42)43/h3-5,9-10,12,14,21-22,36,39H,1-2,6-8,11,13,15-19H2,(H-2,30,38,40,41,42,43)/p+2/b14-12+/t21-,22+/m0/s1. The molecule has 1 aliphatic heterocycles. The summed E-state index contributed by atoms with van der Waals surface area (Å²) in [5.41, 5.74) is -0.288. The smallest absolute Gasteiger partial charge is 0.424 e. The Morgan fingerprint density at radius 2 is 1.79 bits per heavy atom. The van der Waals surface area contributed by atoms with Crippen LogP contribution < -0.4 is 5.32 Å². The van der Waals surface area contributed by atoms with Gasteiger partial charge in [-0.05, 0) is 39.9 Å². The number of ether oxygens (including phenoxy) is 1. The molecule has 4 atom stereocenters. The Hall–Kier alpha value is -3.41. The molecule has 21 heteroatoms. The van der Waals surface area contributed by atoms with E-state index < -0.39 is 47.0 Å². The lowest BCUT2D eigenvalue weighted by atomic mass is 10.0. The zero-order chi connectivity index (χ0) is 35.2. The van der Waals surface area contributed by atoms with Crippen LogP contribution in [-0.4, -0.2) is 88.3 Å². The van der Waals surface area contributed by atoms with Gasteiger partial charge in [0.2, 0.25) is 12.6 Å². The van der Waals surface area contributed by atoms with Crippen LogP contribution in [0.4, 0.5) is 13.6 Å². The monoisotopic (exact) mass is 722 g/mol. The number of halogens is 2. The first kappa shape index (κ1) is 39.0. The van der Waals surface area contributed by atoms with Crippen molar-refractivity contribution in [1.82, 2.24) is 30.4 Å². The molecular weight excluding hydrogens is 684 g/mol. The van der Waals surface area contributed by atoms with E-state index in [-0.39, 0.29) is 37.2 Å². The van der Waals surface area contributed by atoms with Gasteiger partial charge in [0.05, 0.1) is 6.04 Å². The minimum Gasteiger partial charge on any atom is -0.424 e. The molecule has 0 spiro atoms. The zero-order valence-electron chi connectivity index (χ0n) is 25.7. The highest BCUT2D eigenvalue weighted by atomic mass is 31.1. The number of aliphatic hydroxyl groups excluding tert-OH is 1. The van der Waals surface area contributed by atoms with E-state index in [0.717, 1.165) is 30.1 Å². The predicted octanol–water partition coefficient (Wildman–Crippen LogP) is 2.92. The van der Waals surface area contributed by atoms with Gasteiger partial charge in [0.1, 0.15) is 6.10 Å². The van der Waals surface area contributed by atoms with Crippen molar-refractivity contribution in [3.63, 3.8) is 0 Å². The Labute approximate surface area is 275 Å². The number of rotatable bonds is 21. The van der Waals surface area contributed by atoms with Crippen LogP contribution in [0.25, 0.3) is 0 Å². The van der Waals surface area contributed by atoms with Gasteiger partial charge in [-0.3, -0.25) is 4.79 Å². The molecule has 2 aromatic rings. The number of hydrogen-bond donors (Lipinski definition) is 5. The van der Waals surface area contributed by atoms with Crippen LogP contribution in [-0.2, 0) is 46.8 Å². The quantitative estimate of drug-likeness (QED) is 0.0540. The highest BCUT2D eigenvalue weighted by Gasteiger charge is 2.47. The minimum atomic E-state index is -3.46. The van der Waals surface area contributed by atoms with Crippen molar-refractivity contribution < 1.29 is 61.3 Å². The van der Waals surface area contributed by atoms with Crippen molar-refractivity contribution in [3.05, 3.63) is 53.9 Å². The number of amides is 2. The lowest BCUT2D eigenvalue weighted by Crippen LogP contribution is -2.34. The van der Waals surface area contributed by atoms with Crippen molar-refractivity contribution in [2.75, 3.05) is 13.1 Å². The molecule has 3 rings (SSSR count). The summed E-state index contributed by atoms with van der Waals surface area (Å²) in [4.78, 5) is 44.5. The summed E-state index contributed by atoms with van der Waals surface area (Å²) in [6.45, 7) is -0.0109. The average molecular weight is 723 g/mol. The van der Waals surface area contributed by atoms with Gasteiger partial charge in [-0.25, -0.2) is 4.79 Å². The molecule has 0 bridgehead atoms. The van der Waals surface area contributed by atoms with Crippen molar-refractivity contribution >= 4 is 28.5 Å². The van der Waals surface area contributed by atoms with E-state index >= 15 is 0 Å². The van der Waals surface area contributed by atoms with E-state index in [1.54, 1.807) is 11.0 Å². The minimum absolute atomic E-state index is 0.0588. The Morgan fingerprint density at radius 1 is 1.10 bits per heavy atom. The predicted molar refractivity (Wildman–Crippen MR) is 161 cm³/mol. The molecular formula is C27H38F2N6O11P2+2. The largest absolute Gasteiger partial charge is 0.700 e. The first-order valence-electron chi connectivity index (χ1n) is 15.0. The number of hydrogen-bond acceptors (Lipinski definition) is 12. The lowest BCUT2D eigenvalue weighted by Gasteiger charge is -2.24. The third kappa shape index (κ3) is 12.9. The van der Waals surface area contributed by atoms with E-state index in [9.17, 15) is 37.7 Å². The van der Waals surface area contributed by atoms with Crippen LogP contribution in [0.15, 0.2) is 42.5 Å². The SMILES string of the molecule is O=C(NCCCC(O)(O[P+](=O)O)O[P+](=O)O)OCn1nnc(CCCCCCN2C(=O)CC[C@@H]2/C=C/[C@@H](O)C(F)(F)c2ccccc2)n1. The lowest BCUT2D eigenvalue weighted by molar-refractivity contribution is -0.277. The molecule has 5 N–H and O–H groups in total. The van der Waals surface area contributed by atoms with Crippen LogP contribution in [0, 0.1) is 0 Å². The zero-order valence-corrected chi connectivity index (χ0v) is 27.5. The van der Waals surface area contributed by atoms with E-state index in [4.69, 9.17) is 14.5 Å². The number of likely N-dealkylation sites (tertiary alicyclic amines) is 1. The molecule has 1 aromatic carbocycles. The summed E-state index contributed by atoms with van der Waals surface area (Å²) < 4.78 is 64.1. The van der Waals surface area contributed by atoms with Gasteiger partial charge in [0.25, 0.3) is 0 Å². The molecule has 48 heavy (non-hydrogen) atoms. The second kappa shape index (κ2) is 19.0. The molecule has 1 aliphatic rings. The number of alkyl carbamates (subject to hydrolysis) is 1. The Morgan fingerprint density at radius 3 is 2.48 bits per heavy atom. The molecule has 2 amide bonds. The molecule has 0 radical (unpaired) electrons. The molecule has 264 valence electrons. The number of alkyl halides is 2. The van der Waals surface area contributed by atoms with Crippen LogP contribution in [0.3, 0.4) is 0 Å². The molecule has 17 nitrogen and oxygen atoms in total. The highest BCUT2D eigenvalue weighted by molar-refractivity contribution is 7.33. The van der Waals surface area contributed by atoms with Crippen molar-refractivity contribution in [3.8, 4) is 0 Å². The fraction of sp³-hybridized carbons (Fsp3) is 0.593. The second-order valence-electron chi connectivity index (χ2n) is 10.7. The first-order chi connectivity index (χ1) is 22.8. The summed E-state index contributed by atoms with van der Waals surface area (Å²) in [5.74, 6) is -5.90. The average Bonchev–Trinajstić information content (AvgIpc) is 3.63.